The van der Waals surface area contributed by atoms with E-state index in [0.717, 1.165) is 45.0 Å². The van der Waals surface area contributed by atoms with Crippen LogP contribution in [0.5, 0.6) is 0 Å². The second kappa shape index (κ2) is 8.41. The van der Waals surface area contributed by atoms with Gasteiger partial charge in [-0.3, -0.25) is 4.68 Å². The van der Waals surface area contributed by atoms with Crippen molar-refractivity contribution in [3.8, 4) is 11.3 Å². The SMILES string of the molecule is CCOC(=O)c1c(I)c(-c2ccc(Br)cc2)nn1C1CCC2(CC1)OCCO2. The predicted molar refractivity (Wildman–Crippen MR) is 116 cm³/mol. The fourth-order valence-corrected chi connectivity index (χ4v) is 5.08. The minimum Gasteiger partial charge on any atom is -0.461 e. The molecule has 28 heavy (non-hydrogen) atoms. The van der Waals surface area contributed by atoms with Gasteiger partial charge in [0.1, 0.15) is 5.69 Å². The molecule has 2 heterocycles. The molecular formula is C20H22BrIN2O4. The standard InChI is InChI=1S/C20H22BrIN2O4/c1-2-26-19(25)18-16(22)17(13-3-5-14(21)6-4-13)23-24(18)15-7-9-20(10-8-15)27-11-12-28-20/h3-6,15H,2,7-12H2,1H3. The highest BCUT2D eigenvalue weighted by molar-refractivity contribution is 14.1. The van der Waals surface area contributed by atoms with E-state index >= 15 is 0 Å². The van der Waals surface area contributed by atoms with Gasteiger partial charge < -0.3 is 14.2 Å². The lowest BCUT2D eigenvalue weighted by Crippen LogP contribution is -2.36. The van der Waals surface area contributed by atoms with E-state index in [9.17, 15) is 4.79 Å². The predicted octanol–water partition coefficient (Wildman–Crippen LogP) is 4.95. The average molecular weight is 561 g/mol. The largest absolute Gasteiger partial charge is 0.461 e. The van der Waals surface area contributed by atoms with Crippen LogP contribution in [0, 0.1) is 3.57 Å². The average Bonchev–Trinajstić information content (AvgIpc) is 3.28. The fourth-order valence-electron chi connectivity index (χ4n) is 3.93. The zero-order valence-corrected chi connectivity index (χ0v) is 19.4. The van der Waals surface area contributed by atoms with Crippen LogP contribution in [0.25, 0.3) is 11.3 Å². The Labute approximate surface area is 186 Å². The van der Waals surface area contributed by atoms with Crippen molar-refractivity contribution in [2.45, 2.75) is 44.4 Å². The molecule has 4 rings (SSSR count). The van der Waals surface area contributed by atoms with Crippen molar-refractivity contribution < 1.29 is 19.0 Å². The van der Waals surface area contributed by atoms with Crippen LogP contribution >= 0.6 is 38.5 Å². The van der Waals surface area contributed by atoms with E-state index in [1.165, 1.54) is 0 Å². The normalized spacial score (nSPS) is 19.2. The van der Waals surface area contributed by atoms with Crippen LogP contribution in [0.4, 0.5) is 0 Å². The van der Waals surface area contributed by atoms with E-state index in [1.807, 2.05) is 35.9 Å². The van der Waals surface area contributed by atoms with Gasteiger partial charge in [-0.15, -0.1) is 0 Å². The molecule has 1 saturated heterocycles. The molecule has 1 spiro atoms. The summed E-state index contributed by atoms with van der Waals surface area (Å²) in [6.45, 7) is 3.47. The second-order valence-corrected chi connectivity index (χ2v) is 9.02. The van der Waals surface area contributed by atoms with Crippen molar-refractivity contribution in [2.24, 2.45) is 0 Å². The zero-order chi connectivity index (χ0) is 19.7. The number of halogens is 2. The van der Waals surface area contributed by atoms with Gasteiger partial charge in [0.05, 0.1) is 29.4 Å². The third-order valence-corrected chi connectivity index (χ3v) is 6.87. The molecule has 2 fully saturated rings. The Bertz CT molecular complexity index is 852. The highest BCUT2D eigenvalue weighted by Gasteiger charge is 2.42. The van der Waals surface area contributed by atoms with E-state index in [4.69, 9.17) is 19.3 Å². The van der Waals surface area contributed by atoms with E-state index in [-0.39, 0.29) is 12.0 Å². The number of carbonyl (C=O) groups excluding carboxylic acids is 1. The van der Waals surface area contributed by atoms with Gasteiger partial charge >= 0.3 is 5.97 Å². The number of aromatic nitrogens is 2. The number of carbonyl (C=O) groups is 1. The Kier molecular flexibility index (Phi) is 6.10. The molecule has 1 aromatic heterocycles. The Morgan fingerprint density at radius 3 is 2.54 bits per heavy atom. The molecule has 2 aliphatic rings. The Morgan fingerprint density at radius 1 is 1.29 bits per heavy atom. The van der Waals surface area contributed by atoms with Crippen LogP contribution in [0.1, 0.15) is 49.1 Å². The van der Waals surface area contributed by atoms with E-state index in [1.54, 1.807) is 0 Å². The van der Waals surface area contributed by atoms with E-state index < -0.39 is 5.79 Å². The van der Waals surface area contributed by atoms with Gasteiger partial charge in [-0.1, -0.05) is 28.1 Å². The minimum atomic E-state index is -0.435. The molecule has 6 nitrogen and oxygen atoms in total. The summed E-state index contributed by atoms with van der Waals surface area (Å²) in [5.41, 5.74) is 2.33. The molecule has 0 bridgehead atoms. The van der Waals surface area contributed by atoms with Gasteiger partial charge in [-0.2, -0.15) is 5.10 Å². The van der Waals surface area contributed by atoms with Crippen molar-refractivity contribution in [1.29, 1.82) is 0 Å². The summed E-state index contributed by atoms with van der Waals surface area (Å²) >= 11 is 5.68. The van der Waals surface area contributed by atoms with Crippen LogP contribution in [0.2, 0.25) is 0 Å². The second-order valence-electron chi connectivity index (χ2n) is 7.02. The maximum atomic E-state index is 12.7. The highest BCUT2D eigenvalue weighted by Crippen LogP contribution is 2.41. The van der Waals surface area contributed by atoms with Crippen LogP contribution in [-0.2, 0) is 14.2 Å². The number of benzene rings is 1. The van der Waals surface area contributed by atoms with Crippen LogP contribution in [0.15, 0.2) is 28.7 Å². The third kappa shape index (κ3) is 3.88. The molecule has 1 saturated carbocycles. The van der Waals surface area contributed by atoms with Crippen LogP contribution < -0.4 is 0 Å². The first kappa shape index (κ1) is 20.3. The maximum Gasteiger partial charge on any atom is 0.357 e. The quantitative estimate of drug-likeness (QED) is 0.391. The highest BCUT2D eigenvalue weighted by atomic mass is 127. The summed E-state index contributed by atoms with van der Waals surface area (Å²) in [4.78, 5) is 12.7. The lowest BCUT2D eigenvalue weighted by Gasteiger charge is -2.35. The Morgan fingerprint density at radius 2 is 1.93 bits per heavy atom. The van der Waals surface area contributed by atoms with Gasteiger partial charge in [0, 0.05) is 22.9 Å². The number of esters is 1. The molecule has 1 aliphatic carbocycles. The third-order valence-electron chi connectivity index (χ3n) is 5.32. The van der Waals surface area contributed by atoms with E-state index in [0.29, 0.717) is 25.5 Å². The van der Waals surface area contributed by atoms with Gasteiger partial charge in [0.25, 0.3) is 0 Å². The summed E-state index contributed by atoms with van der Waals surface area (Å²) < 4.78 is 20.7. The molecule has 0 unspecified atom stereocenters. The molecular weight excluding hydrogens is 539 g/mol. The summed E-state index contributed by atoms with van der Waals surface area (Å²) in [6, 6.07) is 8.09. The van der Waals surface area contributed by atoms with Crippen molar-refractivity contribution in [2.75, 3.05) is 19.8 Å². The number of hydrogen-bond acceptors (Lipinski definition) is 5. The Hall–Kier alpha value is -0.970. The molecule has 1 aliphatic heterocycles. The fraction of sp³-hybridized carbons (Fsp3) is 0.500. The summed E-state index contributed by atoms with van der Waals surface area (Å²) in [7, 11) is 0. The number of rotatable bonds is 4. The zero-order valence-electron chi connectivity index (χ0n) is 15.6. The van der Waals surface area contributed by atoms with E-state index in [2.05, 4.69) is 38.5 Å². The van der Waals surface area contributed by atoms with Crippen LogP contribution in [-0.4, -0.2) is 41.4 Å². The number of nitrogens with zero attached hydrogens (tertiary/aromatic N) is 2. The lowest BCUT2D eigenvalue weighted by atomic mass is 9.90. The first-order valence-electron chi connectivity index (χ1n) is 9.52. The van der Waals surface area contributed by atoms with Crippen molar-refractivity contribution in [1.82, 2.24) is 9.78 Å². The molecule has 0 radical (unpaired) electrons. The van der Waals surface area contributed by atoms with Crippen molar-refractivity contribution in [3.63, 3.8) is 0 Å². The summed E-state index contributed by atoms with van der Waals surface area (Å²) in [6.07, 6.45) is 3.32. The van der Waals surface area contributed by atoms with Crippen molar-refractivity contribution >= 4 is 44.5 Å². The smallest absolute Gasteiger partial charge is 0.357 e. The first-order chi connectivity index (χ1) is 13.5. The maximum absolute atomic E-state index is 12.7. The first-order valence-corrected chi connectivity index (χ1v) is 11.4. The Balaban J connectivity index is 1.68. The lowest BCUT2D eigenvalue weighted by molar-refractivity contribution is -0.181. The number of hydrogen-bond donors (Lipinski definition) is 0. The molecule has 0 N–H and O–H groups in total. The van der Waals surface area contributed by atoms with Gasteiger partial charge in [0.2, 0.25) is 0 Å². The van der Waals surface area contributed by atoms with Gasteiger partial charge in [-0.05, 0) is 54.5 Å². The molecule has 8 heteroatoms. The monoisotopic (exact) mass is 560 g/mol. The van der Waals surface area contributed by atoms with Gasteiger partial charge in [-0.25, -0.2) is 4.79 Å². The molecule has 0 amide bonds. The molecule has 0 atom stereocenters. The molecule has 2 aromatic rings. The topological polar surface area (TPSA) is 62.6 Å². The molecule has 150 valence electrons. The minimum absolute atomic E-state index is 0.121. The van der Waals surface area contributed by atoms with Gasteiger partial charge in [0.15, 0.2) is 11.5 Å². The summed E-state index contributed by atoms with van der Waals surface area (Å²) in [5, 5.41) is 4.86. The van der Waals surface area contributed by atoms with Crippen LogP contribution in [0.3, 0.4) is 0 Å². The van der Waals surface area contributed by atoms with Crippen molar-refractivity contribution in [3.05, 3.63) is 38.0 Å². The number of ether oxygens (including phenoxy) is 3. The summed E-state index contributed by atoms with van der Waals surface area (Å²) in [5.74, 6) is -0.758. The molecule has 1 aromatic carbocycles.